The fraction of sp³-hybridized carbons (Fsp3) is 0.500. The Morgan fingerprint density at radius 3 is 2.53 bits per heavy atom. The second-order valence-corrected chi connectivity index (χ2v) is 5.34. The van der Waals surface area contributed by atoms with E-state index in [1.807, 2.05) is 31.2 Å². The summed E-state index contributed by atoms with van der Waals surface area (Å²) in [5.74, 6) is 1.36. The number of hydrogen-bond acceptors (Lipinski definition) is 3. The van der Waals surface area contributed by atoms with Crippen molar-refractivity contribution >= 4 is 6.08 Å². The molecule has 3 heterocycles. The molecule has 0 aliphatic carbocycles. The molecule has 0 radical (unpaired) electrons. The third kappa shape index (κ3) is 2.47. The van der Waals surface area contributed by atoms with Gasteiger partial charge in [0.1, 0.15) is 5.75 Å². The van der Waals surface area contributed by atoms with Crippen LogP contribution in [-0.2, 0) is 0 Å². The topological polar surface area (TPSA) is 32.7 Å². The van der Waals surface area contributed by atoms with Crippen LogP contribution in [0.4, 0.5) is 0 Å². The monoisotopic (exact) mass is 259 g/mol. The summed E-state index contributed by atoms with van der Waals surface area (Å²) >= 11 is 0. The van der Waals surface area contributed by atoms with E-state index in [4.69, 9.17) is 4.74 Å². The molecule has 0 amide bonds. The molecule has 3 heteroatoms. The van der Waals surface area contributed by atoms with Crippen LogP contribution in [0.3, 0.4) is 0 Å². The number of benzene rings is 1. The maximum absolute atomic E-state index is 10.3. The summed E-state index contributed by atoms with van der Waals surface area (Å²) in [6.45, 7) is 4.85. The molecule has 1 aromatic rings. The number of rotatable bonds is 3. The van der Waals surface area contributed by atoms with E-state index in [0.29, 0.717) is 12.5 Å². The number of ether oxygens (including phenoxy) is 1. The summed E-state index contributed by atoms with van der Waals surface area (Å²) in [4.78, 5) is 2.32. The highest BCUT2D eigenvalue weighted by atomic mass is 16.5. The summed E-state index contributed by atoms with van der Waals surface area (Å²) in [7, 11) is 0. The Labute approximate surface area is 114 Å². The van der Waals surface area contributed by atoms with Crippen LogP contribution >= 0.6 is 0 Å². The van der Waals surface area contributed by atoms with E-state index in [-0.39, 0.29) is 6.10 Å². The molecule has 3 aliphatic rings. The molecule has 3 fully saturated rings. The summed E-state index contributed by atoms with van der Waals surface area (Å²) in [6.07, 6.45) is 4.09. The Balaban J connectivity index is 1.80. The highest BCUT2D eigenvalue weighted by Crippen LogP contribution is 2.35. The van der Waals surface area contributed by atoms with Crippen molar-refractivity contribution in [1.82, 2.24) is 4.90 Å². The lowest BCUT2D eigenvalue weighted by molar-refractivity contribution is 0.0215. The van der Waals surface area contributed by atoms with Crippen molar-refractivity contribution in [3.8, 4) is 5.75 Å². The molecule has 2 bridgehead atoms. The lowest BCUT2D eigenvalue weighted by Gasteiger charge is -2.45. The van der Waals surface area contributed by atoms with Gasteiger partial charge in [-0.1, -0.05) is 12.1 Å². The van der Waals surface area contributed by atoms with E-state index >= 15 is 0 Å². The minimum Gasteiger partial charge on any atom is -0.494 e. The number of aliphatic hydroxyl groups is 1. The van der Waals surface area contributed by atoms with Gasteiger partial charge >= 0.3 is 0 Å². The van der Waals surface area contributed by atoms with Gasteiger partial charge in [-0.15, -0.1) is 0 Å². The molecular weight excluding hydrogens is 238 g/mol. The van der Waals surface area contributed by atoms with Crippen LogP contribution in [0, 0.1) is 5.92 Å². The Morgan fingerprint density at radius 1 is 1.26 bits per heavy atom. The molecular formula is C16H21NO2. The van der Waals surface area contributed by atoms with Crippen LogP contribution in [0.1, 0.15) is 25.3 Å². The number of hydrogen-bond donors (Lipinski definition) is 1. The average molecular weight is 259 g/mol. The van der Waals surface area contributed by atoms with Crippen LogP contribution in [0.15, 0.2) is 30.0 Å². The molecule has 3 aliphatic heterocycles. The van der Waals surface area contributed by atoms with Crippen molar-refractivity contribution in [2.24, 2.45) is 5.92 Å². The molecule has 19 heavy (non-hydrogen) atoms. The van der Waals surface area contributed by atoms with Crippen molar-refractivity contribution in [2.45, 2.75) is 25.9 Å². The first-order valence-electron chi connectivity index (χ1n) is 7.15. The first kappa shape index (κ1) is 12.5. The smallest absolute Gasteiger partial charge is 0.119 e. The van der Waals surface area contributed by atoms with Gasteiger partial charge in [0.05, 0.1) is 12.7 Å². The van der Waals surface area contributed by atoms with Crippen LogP contribution in [-0.4, -0.2) is 35.8 Å². The second kappa shape index (κ2) is 5.25. The summed E-state index contributed by atoms with van der Waals surface area (Å²) in [5.41, 5.74) is 2.22. The number of nitrogens with zero attached hydrogens (tertiary/aromatic N) is 1. The maximum atomic E-state index is 10.3. The normalized spacial score (nSPS) is 27.9. The van der Waals surface area contributed by atoms with Crippen molar-refractivity contribution in [2.75, 3.05) is 19.7 Å². The van der Waals surface area contributed by atoms with Crippen LogP contribution in [0.25, 0.3) is 6.08 Å². The largest absolute Gasteiger partial charge is 0.494 e. The zero-order valence-electron chi connectivity index (χ0n) is 11.4. The molecule has 0 saturated carbocycles. The minimum absolute atomic E-state index is 0.283. The Kier molecular flexibility index (Phi) is 3.47. The average Bonchev–Trinajstić information content (AvgIpc) is 2.45. The summed E-state index contributed by atoms with van der Waals surface area (Å²) < 4.78 is 5.44. The van der Waals surface area contributed by atoms with Crippen molar-refractivity contribution in [3.63, 3.8) is 0 Å². The minimum atomic E-state index is -0.283. The lowest BCUT2D eigenvalue weighted by atomic mass is 9.83. The highest BCUT2D eigenvalue weighted by molar-refractivity contribution is 5.55. The van der Waals surface area contributed by atoms with Gasteiger partial charge < -0.3 is 14.7 Å². The SMILES string of the molecule is CCOc1ccc(/C=C2\C(O)C3CCN2CC3)cc1. The molecule has 3 nitrogen and oxygen atoms in total. The summed E-state index contributed by atoms with van der Waals surface area (Å²) in [6, 6.07) is 8.07. The fourth-order valence-corrected chi connectivity index (χ4v) is 3.08. The van der Waals surface area contributed by atoms with E-state index in [2.05, 4.69) is 11.0 Å². The van der Waals surface area contributed by atoms with E-state index in [1.54, 1.807) is 0 Å². The quantitative estimate of drug-likeness (QED) is 0.905. The lowest BCUT2D eigenvalue weighted by Crippen LogP contribution is -2.48. The van der Waals surface area contributed by atoms with Crippen molar-refractivity contribution in [1.29, 1.82) is 0 Å². The number of aliphatic hydroxyl groups excluding tert-OH is 1. The van der Waals surface area contributed by atoms with Gasteiger partial charge in [-0.25, -0.2) is 0 Å². The first-order valence-corrected chi connectivity index (χ1v) is 7.15. The molecule has 1 N–H and O–H groups in total. The predicted molar refractivity (Wildman–Crippen MR) is 75.9 cm³/mol. The van der Waals surface area contributed by atoms with Crippen LogP contribution in [0.5, 0.6) is 5.75 Å². The Hall–Kier alpha value is -1.48. The van der Waals surface area contributed by atoms with E-state index in [9.17, 15) is 5.11 Å². The zero-order chi connectivity index (χ0) is 13.2. The van der Waals surface area contributed by atoms with Crippen LogP contribution in [0.2, 0.25) is 0 Å². The van der Waals surface area contributed by atoms with E-state index in [0.717, 1.165) is 42.9 Å². The van der Waals surface area contributed by atoms with Gasteiger partial charge in [-0.2, -0.15) is 0 Å². The molecule has 1 atom stereocenters. The zero-order valence-corrected chi connectivity index (χ0v) is 11.4. The molecule has 0 spiro atoms. The van der Waals surface area contributed by atoms with Crippen molar-refractivity contribution < 1.29 is 9.84 Å². The first-order chi connectivity index (χ1) is 9.28. The van der Waals surface area contributed by atoms with E-state index < -0.39 is 0 Å². The van der Waals surface area contributed by atoms with Gasteiger partial charge in [0, 0.05) is 18.8 Å². The molecule has 1 aromatic carbocycles. The Bertz CT molecular complexity index is 454. The predicted octanol–water partition coefficient (Wildman–Crippen LogP) is 2.51. The van der Waals surface area contributed by atoms with Gasteiger partial charge in [-0.05, 0) is 49.5 Å². The molecule has 4 rings (SSSR count). The maximum Gasteiger partial charge on any atom is 0.119 e. The molecule has 1 unspecified atom stereocenters. The van der Waals surface area contributed by atoms with Crippen molar-refractivity contribution in [3.05, 3.63) is 35.5 Å². The summed E-state index contributed by atoms with van der Waals surface area (Å²) in [5, 5.41) is 10.3. The number of piperidine rings is 3. The van der Waals surface area contributed by atoms with Gasteiger partial charge in [0.25, 0.3) is 0 Å². The third-order valence-electron chi connectivity index (χ3n) is 4.16. The molecule has 0 aromatic heterocycles. The third-order valence-corrected chi connectivity index (χ3v) is 4.16. The molecule has 3 saturated heterocycles. The standard InChI is InChI=1S/C16H21NO2/c1-2-19-14-5-3-12(4-6-14)11-15-16(18)13-7-9-17(15)10-8-13/h3-6,11,13,16,18H,2,7-10H2,1H3/b15-11+. The molecule has 102 valence electrons. The Morgan fingerprint density at radius 2 is 1.95 bits per heavy atom. The second-order valence-electron chi connectivity index (χ2n) is 5.34. The van der Waals surface area contributed by atoms with Gasteiger partial charge in [0.2, 0.25) is 0 Å². The number of fused-ring (bicyclic) bond motifs is 3. The van der Waals surface area contributed by atoms with Gasteiger partial charge in [-0.3, -0.25) is 0 Å². The van der Waals surface area contributed by atoms with E-state index in [1.165, 1.54) is 0 Å². The highest BCUT2D eigenvalue weighted by Gasteiger charge is 2.36. The van der Waals surface area contributed by atoms with Crippen LogP contribution < -0.4 is 4.74 Å². The van der Waals surface area contributed by atoms with Gasteiger partial charge in [0.15, 0.2) is 0 Å². The fourth-order valence-electron chi connectivity index (χ4n) is 3.08.